The summed E-state index contributed by atoms with van der Waals surface area (Å²) in [6.45, 7) is 5.06. The van der Waals surface area contributed by atoms with Crippen LogP contribution in [0.4, 0.5) is 4.79 Å². The largest absolute Gasteiger partial charge is 0.439 e. The van der Waals surface area contributed by atoms with Gasteiger partial charge in [-0.2, -0.15) is 0 Å². The quantitative estimate of drug-likeness (QED) is 0.479. The lowest BCUT2D eigenvalue weighted by Gasteiger charge is -2.05. The van der Waals surface area contributed by atoms with E-state index >= 15 is 0 Å². The van der Waals surface area contributed by atoms with Gasteiger partial charge in [0.15, 0.2) is 0 Å². The molecule has 0 aliphatic rings. The van der Waals surface area contributed by atoms with E-state index in [-0.39, 0.29) is 6.09 Å². The summed E-state index contributed by atoms with van der Waals surface area (Å²) in [6.07, 6.45) is 1.85. The first kappa shape index (κ1) is 12.0. The average molecular weight is 285 g/mol. The van der Waals surface area contributed by atoms with E-state index in [1.165, 1.54) is 0 Å². The van der Waals surface area contributed by atoms with E-state index in [0.717, 1.165) is 12.8 Å². The zero-order valence-electron chi connectivity index (χ0n) is 7.60. The van der Waals surface area contributed by atoms with E-state index in [1.54, 1.807) is 0 Å². The molecule has 1 amide bonds. The monoisotopic (exact) mass is 285 g/mol. The van der Waals surface area contributed by atoms with E-state index < -0.39 is 0 Å². The van der Waals surface area contributed by atoms with E-state index in [1.807, 2.05) is 22.6 Å². The lowest BCUT2D eigenvalue weighted by atomic mass is 10.1. The van der Waals surface area contributed by atoms with Crippen LogP contribution in [0.15, 0.2) is 0 Å². The summed E-state index contributed by atoms with van der Waals surface area (Å²) < 4.78 is 5.10. The molecule has 0 aliphatic heterocycles. The van der Waals surface area contributed by atoms with Crippen molar-refractivity contribution in [3.05, 3.63) is 0 Å². The molecule has 0 spiro atoms. The smallest absolute Gasteiger partial charge is 0.407 e. The molecule has 0 unspecified atom stereocenters. The van der Waals surface area contributed by atoms with Crippen molar-refractivity contribution in [2.75, 3.05) is 11.2 Å². The summed E-state index contributed by atoms with van der Waals surface area (Å²) in [5.74, 6) is 0.701. The Hall–Kier alpha value is 0. The number of rotatable bonds is 5. The minimum Gasteiger partial charge on any atom is -0.439 e. The molecule has 0 fully saturated rings. The van der Waals surface area contributed by atoms with Gasteiger partial charge < -0.3 is 10.1 Å². The van der Waals surface area contributed by atoms with Crippen LogP contribution in [0, 0.1) is 5.92 Å². The Balaban J connectivity index is 3.14. The van der Waals surface area contributed by atoms with Crippen molar-refractivity contribution in [1.29, 1.82) is 0 Å². The summed E-state index contributed by atoms with van der Waals surface area (Å²) in [7, 11) is 0. The Morgan fingerprint density at radius 3 is 2.75 bits per heavy atom. The number of carbonyl (C=O) groups excluding carboxylic acids is 1. The summed E-state index contributed by atoms with van der Waals surface area (Å²) in [6, 6.07) is 0. The van der Waals surface area contributed by atoms with Crippen molar-refractivity contribution >= 4 is 28.7 Å². The Kier molecular flexibility index (Phi) is 7.64. The van der Waals surface area contributed by atoms with E-state index in [2.05, 4.69) is 23.9 Å². The molecule has 1 N–H and O–H groups in total. The summed E-state index contributed by atoms with van der Waals surface area (Å²) in [5.41, 5.74) is 0. The molecular weight excluding hydrogens is 269 g/mol. The van der Waals surface area contributed by atoms with Gasteiger partial charge in [0.05, 0.1) is 0 Å². The molecule has 0 heterocycles. The highest BCUT2D eigenvalue weighted by Crippen LogP contribution is 2.01. The van der Waals surface area contributed by atoms with Crippen LogP contribution in [0.5, 0.6) is 0 Å². The number of nitrogens with one attached hydrogen (secondary N) is 1. The molecule has 0 bridgehead atoms. The number of amides is 1. The van der Waals surface area contributed by atoms with Gasteiger partial charge in [-0.1, -0.05) is 13.8 Å². The summed E-state index contributed by atoms with van der Waals surface area (Å²) in [4.78, 5) is 10.7. The van der Waals surface area contributed by atoms with Gasteiger partial charge in [-0.15, -0.1) is 0 Å². The minimum absolute atomic E-state index is 0.312. The molecule has 72 valence electrons. The van der Waals surface area contributed by atoms with Gasteiger partial charge in [-0.25, -0.2) is 4.79 Å². The van der Waals surface area contributed by atoms with Gasteiger partial charge in [0, 0.05) is 6.54 Å². The number of hydrogen-bond donors (Lipinski definition) is 1. The van der Waals surface area contributed by atoms with Gasteiger partial charge in [0.25, 0.3) is 0 Å². The van der Waals surface area contributed by atoms with Crippen molar-refractivity contribution in [2.24, 2.45) is 5.92 Å². The molecule has 0 saturated heterocycles. The van der Waals surface area contributed by atoms with Crippen LogP contribution in [0.1, 0.15) is 26.7 Å². The third-order valence-corrected chi connectivity index (χ3v) is 1.72. The van der Waals surface area contributed by atoms with Gasteiger partial charge in [-0.05, 0) is 41.4 Å². The second-order valence-electron chi connectivity index (χ2n) is 3.00. The van der Waals surface area contributed by atoms with Gasteiger partial charge in [0.2, 0.25) is 0 Å². The SMILES string of the molecule is CC(C)CCCNC(=O)OCI. The highest BCUT2D eigenvalue weighted by atomic mass is 127. The Bertz CT molecular complexity index is 128. The molecule has 12 heavy (non-hydrogen) atoms. The first-order valence-corrected chi connectivity index (χ1v) is 5.66. The summed E-state index contributed by atoms with van der Waals surface area (Å²) in [5, 5.41) is 2.67. The first-order chi connectivity index (χ1) is 5.66. The fraction of sp³-hybridized carbons (Fsp3) is 0.875. The number of hydrogen-bond acceptors (Lipinski definition) is 2. The van der Waals surface area contributed by atoms with E-state index in [9.17, 15) is 4.79 Å². The first-order valence-electron chi connectivity index (χ1n) is 4.13. The van der Waals surface area contributed by atoms with Gasteiger partial charge >= 0.3 is 6.09 Å². The molecule has 0 saturated carbocycles. The maximum Gasteiger partial charge on any atom is 0.407 e. The fourth-order valence-corrected chi connectivity index (χ4v) is 1.08. The zero-order valence-corrected chi connectivity index (χ0v) is 9.76. The molecule has 0 aliphatic carbocycles. The molecule has 0 aromatic rings. The normalized spacial score (nSPS) is 10.0. The third-order valence-electron chi connectivity index (χ3n) is 1.41. The predicted molar refractivity (Wildman–Crippen MR) is 57.4 cm³/mol. The summed E-state index contributed by atoms with van der Waals surface area (Å²) >= 11 is 1.99. The molecule has 0 aromatic heterocycles. The Morgan fingerprint density at radius 2 is 2.25 bits per heavy atom. The average Bonchev–Trinajstić information content (AvgIpc) is 1.98. The molecule has 0 radical (unpaired) electrons. The van der Waals surface area contributed by atoms with Crippen LogP contribution < -0.4 is 5.32 Å². The number of alkyl halides is 1. The standard InChI is InChI=1S/C8H16INO2/c1-7(2)4-3-5-10-8(11)12-6-9/h7H,3-6H2,1-2H3,(H,10,11). The van der Waals surface area contributed by atoms with Crippen LogP contribution in [-0.4, -0.2) is 17.3 Å². The molecule has 0 aromatic carbocycles. The molecule has 4 heteroatoms. The van der Waals surface area contributed by atoms with Crippen LogP contribution in [-0.2, 0) is 4.74 Å². The number of ether oxygens (including phenoxy) is 1. The fourth-order valence-electron chi connectivity index (χ4n) is 0.801. The van der Waals surface area contributed by atoms with Crippen LogP contribution in [0.25, 0.3) is 0 Å². The van der Waals surface area contributed by atoms with Crippen molar-refractivity contribution in [1.82, 2.24) is 5.32 Å². The topological polar surface area (TPSA) is 38.3 Å². The molecule has 3 nitrogen and oxygen atoms in total. The van der Waals surface area contributed by atoms with Gasteiger partial charge in [0.1, 0.15) is 4.61 Å². The van der Waals surface area contributed by atoms with Crippen molar-refractivity contribution < 1.29 is 9.53 Å². The van der Waals surface area contributed by atoms with Crippen LogP contribution in [0.3, 0.4) is 0 Å². The highest BCUT2D eigenvalue weighted by molar-refractivity contribution is 14.1. The number of halogens is 1. The second kappa shape index (κ2) is 7.64. The van der Waals surface area contributed by atoms with E-state index in [0.29, 0.717) is 17.1 Å². The van der Waals surface area contributed by atoms with E-state index in [4.69, 9.17) is 0 Å². The predicted octanol–water partition coefficient (Wildman–Crippen LogP) is 2.54. The highest BCUT2D eigenvalue weighted by Gasteiger charge is 1.99. The van der Waals surface area contributed by atoms with Crippen molar-refractivity contribution in [2.45, 2.75) is 26.7 Å². The van der Waals surface area contributed by atoms with Crippen molar-refractivity contribution in [3.8, 4) is 0 Å². The third kappa shape index (κ3) is 8.10. The lowest BCUT2D eigenvalue weighted by Crippen LogP contribution is -2.25. The van der Waals surface area contributed by atoms with Crippen LogP contribution in [0.2, 0.25) is 0 Å². The number of alkyl carbamates (subject to hydrolysis) is 1. The Labute approximate surface area is 87.4 Å². The maximum absolute atomic E-state index is 10.7. The van der Waals surface area contributed by atoms with Crippen LogP contribution >= 0.6 is 22.6 Å². The second-order valence-corrected chi connectivity index (χ2v) is 3.63. The van der Waals surface area contributed by atoms with Gasteiger partial charge in [-0.3, -0.25) is 0 Å². The molecular formula is C8H16INO2. The lowest BCUT2D eigenvalue weighted by molar-refractivity contribution is 0.168. The maximum atomic E-state index is 10.7. The minimum atomic E-state index is -0.312. The number of carbonyl (C=O) groups is 1. The molecule has 0 atom stereocenters. The molecule has 0 rings (SSSR count). The zero-order chi connectivity index (χ0) is 9.40. The Morgan fingerprint density at radius 1 is 1.58 bits per heavy atom. The van der Waals surface area contributed by atoms with Crippen molar-refractivity contribution in [3.63, 3.8) is 0 Å².